The number of aliphatic hydroxyl groups is 1. The molecule has 0 saturated carbocycles. The summed E-state index contributed by atoms with van der Waals surface area (Å²) >= 11 is 0. The lowest BCUT2D eigenvalue weighted by atomic mass is 10.2. The Morgan fingerprint density at radius 2 is 2.14 bits per heavy atom. The molecule has 0 fully saturated rings. The maximum atomic E-state index is 12.3. The summed E-state index contributed by atoms with van der Waals surface area (Å²) in [7, 11) is -3.72. The first-order valence-corrected chi connectivity index (χ1v) is 8.21. The van der Waals surface area contributed by atoms with Crippen LogP contribution in [-0.2, 0) is 23.2 Å². The van der Waals surface area contributed by atoms with Gasteiger partial charge in [-0.1, -0.05) is 19.1 Å². The first-order valence-electron chi connectivity index (χ1n) is 6.72. The van der Waals surface area contributed by atoms with Gasteiger partial charge in [0.25, 0.3) is 10.0 Å². The predicted octanol–water partition coefficient (Wildman–Crippen LogP) is 1.89. The molecule has 0 aliphatic heterocycles. The van der Waals surface area contributed by atoms with Gasteiger partial charge < -0.3 is 9.67 Å². The molecule has 0 radical (unpaired) electrons. The van der Waals surface area contributed by atoms with Crippen molar-refractivity contribution in [1.82, 2.24) is 9.55 Å². The lowest BCUT2D eigenvalue weighted by Gasteiger charge is -2.06. The second kappa shape index (κ2) is 6.28. The Morgan fingerprint density at radius 1 is 1.38 bits per heavy atom. The number of sulfonamides is 1. The molecule has 0 aliphatic carbocycles. The number of anilines is 1. The number of nitrogens with one attached hydrogen (secondary N) is 1. The number of hydrogen-bond donors (Lipinski definition) is 2. The van der Waals surface area contributed by atoms with Crippen molar-refractivity contribution in [3.63, 3.8) is 0 Å². The van der Waals surface area contributed by atoms with E-state index in [0.29, 0.717) is 17.1 Å². The van der Waals surface area contributed by atoms with Crippen molar-refractivity contribution in [3.05, 3.63) is 41.9 Å². The summed E-state index contributed by atoms with van der Waals surface area (Å²) in [5, 5.41) is 9.09. The van der Waals surface area contributed by atoms with Gasteiger partial charge in [0, 0.05) is 18.4 Å². The van der Waals surface area contributed by atoms with E-state index in [9.17, 15) is 8.42 Å². The van der Waals surface area contributed by atoms with Gasteiger partial charge in [-0.3, -0.25) is 4.72 Å². The smallest absolute Gasteiger partial charge is 0.280 e. The highest BCUT2D eigenvalue weighted by Crippen LogP contribution is 2.17. The van der Waals surface area contributed by atoms with Gasteiger partial charge in [0.15, 0.2) is 5.03 Å². The van der Waals surface area contributed by atoms with Crippen LogP contribution in [-0.4, -0.2) is 23.1 Å². The molecular weight excluding hydrogens is 290 g/mol. The minimum Gasteiger partial charge on any atom is -0.392 e. The van der Waals surface area contributed by atoms with Gasteiger partial charge >= 0.3 is 0 Å². The molecular formula is C14H19N3O3S. The van der Waals surface area contributed by atoms with Crippen LogP contribution in [0.3, 0.4) is 0 Å². The van der Waals surface area contributed by atoms with Crippen LogP contribution in [0.1, 0.15) is 24.7 Å². The van der Waals surface area contributed by atoms with E-state index in [1.807, 2.05) is 11.5 Å². The first-order chi connectivity index (χ1) is 9.96. The maximum Gasteiger partial charge on any atom is 0.280 e. The van der Waals surface area contributed by atoms with Crippen molar-refractivity contribution in [3.8, 4) is 0 Å². The Labute approximate surface area is 124 Å². The standard InChI is InChI=1S/C14H19N3O3S/c1-3-7-17-9-14(15-11(17)2)21(19,20)16-13-6-4-5-12(8-13)10-18/h4-6,8-9,16,18H,3,7,10H2,1-2H3. The Hall–Kier alpha value is -1.86. The highest BCUT2D eigenvalue weighted by atomic mass is 32.2. The zero-order valence-corrected chi connectivity index (χ0v) is 12.9. The molecule has 2 N–H and O–H groups in total. The summed E-state index contributed by atoms with van der Waals surface area (Å²) in [6.45, 7) is 4.39. The average Bonchev–Trinajstić information content (AvgIpc) is 2.81. The van der Waals surface area contributed by atoms with Gasteiger partial charge in [-0.2, -0.15) is 8.42 Å². The molecule has 0 bridgehead atoms. The van der Waals surface area contributed by atoms with Crippen LogP contribution >= 0.6 is 0 Å². The first kappa shape index (κ1) is 15.5. The predicted molar refractivity (Wildman–Crippen MR) is 80.4 cm³/mol. The molecule has 7 heteroatoms. The Morgan fingerprint density at radius 3 is 2.81 bits per heavy atom. The van der Waals surface area contributed by atoms with E-state index in [2.05, 4.69) is 9.71 Å². The van der Waals surface area contributed by atoms with Crippen molar-refractivity contribution in [2.24, 2.45) is 0 Å². The van der Waals surface area contributed by atoms with Crippen LogP contribution in [0.4, 0.5) is 5.69 Å². The zero-order valence-electron chi connectivity index (χ0n) is 12.1. The van der Waals surface area contributed by atoms with Crippen molar-refractivity contribution in [1.29, 1.82) is 0 Å². The summed E-state index contributed by atoms with van der Waals surface area (Å²) in [6.07, 6.45) is 2.44. The summed E-state index contributed by atoms with van der Waals surface area (Å²) in [5.74, 6) is 0.668. The van der Waals surface area contributed by atoms with E-state index in [1.165, 1.54) is 6.20 Å². The zero-order chi connectivity index (χ0) is 15.5. The van der Waals surface area contributed by atoms with Gasteiger partial charge in [0.05, 0.1) is 6.61 Å². The van der Waals surface area contributed by atoms with Crippen LogP contribution in [0.15, 0.2) is 35.5 Å². The third kappa shape index (κ3) is 3.62. The quantitative estimate of drug-likeness (QED) is 0.853. The van der Waals surface area contributed by atoms with Crippen LogP contribution in [0.5, 0.6) is 0 Å². The Bertz CT molecular complexity index is 723. The van der Waals surface area contributed by atoms with Crippen molar-refractivity contribution in [2.75, 3.05) is 4.72 Å². The van der Waals surface area contributed by atoms with Gasteiger partial charge in [-0.05, 0) is 31.0 Å². The second-order valence-electron chi connectivity index (χ2n) is 4.78. The van der Waals surface area contributed by atoms with Crippen molar-refractivity contribution in [2.45, 2.75) is 38.4 Å². The molecule has 1 heterocycles. The topological polar surface area (TPSA) is 84.2 Å². The van der Waals surface area contributed by atoms with Crippen LogP contribution < -0.4 is 4.72 Å². The molecule has 0 aliphatic rings. The van der Waals surface area contributed by atoms with E-state index in [4.69, 9.17) is 5.11 Å². The molecule has 0 spiro atoms. The van der Waals surface area contributed by atoms with Gasteiger partial charge in [0.1, 0.15) is 5.82 Å². The number of aromatic nitrogens is 2. The summed E-state index contributed by atoms with van der Waals surface area (Å²) in [4.78, 5) is 4.10. The van der Waals surface area contributed by atoms with E-state index in [0.717, 1.165) is 13.0 Å². The van der Waals surface area contributed by atoms with Gasteiger partial charge in [0.2, 0.25) is 0 Å². The number of imidazole rings is 1. The number of rotatable bonds is 6. The normalized spacial score (nSPS) is 11.6. The molecule has 0 atom stereocenters. The summed E-state index contributed by atoms with van der Waals surface area (Å²) in [6, 6.07) is 6.63. The fourth-order valence-corrected chi connectivity index (χ4v) is 3.08. The van der Waals surface area contributed by atoms with Crippen molar-refractivity contribution >= 4 is 15.7 Å². The molecule has 2 aromatic rings. The average molecular weight is 309 g/mol. The molecule has 0 saturated heterocycles. The lowest BCUT2D eigenvalue weighted by Crippen LogP contribution is -2.13. The molecule has 1 aromatic carbocycles. The minimum absolute atomic E-state index is 0.00264. The molecule has 1 aromatic heterocycles. The third-order valence-electron chi connectivity index (χ3n) is 3.06. The van der Waals surface area contributed by atoms with Gasteiger partial charge in [-0.25, -0.2) is 4.98 Å². The molecule has 0 amide bonds. The Kier molecular flexibility index (Phi) is 4.64. The molecule has 2 rings (SSSR count). The molecule has 114 valence electrons. The van der Waals surface area contributed by atoms with Gasteiger partial charge in [-0.15, -0.1) is 0 Å². The van der Waals surface area contributed by atoms with E-state index < -0.39 is 10.0 Å². The number of hydrogen-bond acceptors (Lipinski definition) is 4. The van der Waals surface area contributed by atoms with E-state index in [-0.39, 0.29) is 11.6 Å². The maximum absolute atomic E-state index is 12.3. The third-order valence-corrected chi connectivity index (χ3v) is 4.31. The fraction of sp³-hybridized carbons (Fsp3) is 0.357. The molecule has 0 unspecified atom stereocenters. The Balaban J connectivity index is 2.27. The van der Waals surface area contributed by atoms with Crippen molar-refractivity contribution < 1.29 is 13.5 Å². The fourth-order valence-electron chi connectivity index (χ4n) is 2.02. The van der Waals surface area contributed by atoms with Crippen LogP contribution in [0, 0.1) is 6.92 Å². The molecule has 21 heavy (non-hydrogen) atoms. The number of nitrogens with zero attached hydrogens (tertiary/aromatic N) is 2. The van der Waals surface area contributed by atoms with Crippen LogP contribution in [0.25, 0.3) is 0 Å². The highest BCUT2D eigenvalue weighted by Gasteiger charge is 2.19. The molecule has 6 nitrogen and oxygen atoms in total. The van der Waals surface area contributed by atoms with E-state index >= 15 is 0 Å². The second-order valence-corrected chi connectivity index (χ2v) is 6.41. The largest absolute Gasteiger partial charge is 0.392 e. The lowest BCUT2D eigenvalue weighted by molar-refractivity contribution is 0.282. The van der Waals surface area contributed by atoms with Crippen LogP contribution in [0.2, 0.25) is 0 Å². The highest BCUT2D eigenvalue weighted by molar-refractivity contribution is 7.92. The minimum atomic E-state index is -3.72. The SMILES string of the molecule is CCCn1cc(S(=O)(=O)Nc2cccc(CO)c2)nc1C. The summed E-state index contributed by atoms with van der Waals surface area (Å²) in [5.41, 5.74) is 1.05. The number of benzene rings is 1. The number of aryl methyl sites for hydroxylation is 2. The summed E-state index contributed by atoms with van der Waals surface area (Å²) < 4.78 is 28.9. The van der Waals surface area contributed by atoms with E-state index in [1.54, 1.807) is 31.2 Å². The monoisotopic (exact) mass is 309 g/mol. The number of aliphatic hydroxyl groups excluding tert-OH is 1.